The Balaban J connectivity index is 1.74. The minimum atomic E-state index is -4.51. The Kier molecular flexibility index (Phi) is 5.67. The molecular formula is C20H19F3N2O4. The molecule has 3 rings (SSSR count). The van der Waals surface area contributed by atoms with Gasteiger partial charge in [0.2, 0.25) is 11.8 Å². The second-order valence-corrected chi connectivity index (χ2v) is 6.51. The molecule has 0 spiro atoms. The van der Waals surface area contributed by atoms with Gasteiger partial charge in [-0.2, -0.15) is 13.2 Å². The van der Waals surface area contributed by atoms with Crippen LogP contribution < -0.4 is 19.7 Å². The first kappa shape index (κ1) is 20.5. The van der Waals surface area contributed by atoms with Crippen molar-refractivity contribution in [3.8, 4) is 11.5 Å². The standard InChI is InChI=1S/C20H19F3N2O4/c1-28-15-6-7-16(17(10-15)29-2)24-19(27)12-8-18(26)25(11-12)14-5-3-4-13(9-14)20(21,22)23/h3-7,9-10,12H,8,11H2,1-2H3,(H,24,27)/t12-/m1/s1. The molecule has 2 aromatic rings. The Hall–Kier alpha value is -3.23. The van der Waals surface area contributed by atoms with E-state index in [2.05, 4.69) is 5.32 Å². The molecule has 0 aliphatic carbocycles. The Labute approximate surface area is 165 Å². The van der Waals surface area contributed by atoms with E-state index in [1.807, 2.05) is 0 Å². The number of carbonyl (C=O) groups excluding carboxylic acids is 2. The summed E-state index contributed by atoms with van der Waals surface area (Å²) in [5.41, 5.74) is -0.330. The van der Waals surface area contributed by atoms with Crippen molar-refractivity contribution < 1.29 is 32.2 Å². The summed E-state index contributed by atoms with van der Waals surface area (Å²) in [6.45, 7) is -0.00948. The number of hydrogen-bond donors (Lipinski definition) is 1. The summed E-state index contributed by atoms with van der Waals surface area (Å²) >= 11 is 0. The fraction of sp³-hybridized carbons (Fsp3) is 0.300. The van der Waals surface area contributed by atoms with Gasteiger partial charge in [-0.1, -0.05) is 6.07 Å². The molecule has 2 aromatic carbocycles. The third-order valence-electron chi connectivity index (χ3n) is 4.65. The second kappa shape index (κ2) is 8.02. The van der Waals surface area contributed by atoms with Crippen molar-refractivity contribution in [2.45, 2.75) is 12.6 Å². The summed E-state index contributed by atoms with van der Waals surface area (Å²) in [4.78, 5) is 26.2. The predicted octanol–water partition coefficient (Wildman–Crippen LogP) is 3.71. The maximum absolute atomic E-state index is 12.9. The van der Waals surface area contributed by atoms with Gasteiger partial charge in [0.1, 0.15) is 11.5 Å². The lowest BCUT2D eigenvalue weighted by molar-refractivity contribution is -0.137. The summed E-state index contributed by atoms with van der Waals surface area (Å²) < 4.78 is 49.1. The van der Waals surface area contributed by atoms with Crippen molar-refractivity contribution in [1.29, 1.82) is 0 Å². The van der Waals surface area contributed by atoms with Crippen LogP contribution in [0, 0.1) is 5.92 Å². The van der Waals surface area contributed by atoms with Crippen LogP contribution in [0.3, 0.4) is 0 Å². The molecule has 0 aromatic heterocycles. The largest absolute Gasteiger partial charge is 0.497 e. The van der Waals surface area contributed by atoms with Crippen LogP contribution >= 0.6 is 0 Å². The van der Waals surface area contributed by atoms with Crippen LogP contribution in [0.15, 0.2) is 42.5 Å². The van der Waals surface area contributed by atoms with Crippen LogP contribution in [0.25, 0.3) is 0 Å². The lowest BCUT2D eigenvalue weighted by Gasteiger charge is -2.18. The number of nitrogens with one attached hydrogen (secondary N) is 1. The van der Waals surface area contributed by atoms with Gasteiger partial charge in [-0.15, -0.1) is 0 Å². The van der Waals surface area contributed by atoms with Gasteiger partial charge in [0.05, 0.1) is 31.4 Å². The zero-order valence-corrected chi connectivity index (χ0v) is 15.7. The molecule has 0 unspecified atom stereocenters. The molecule has 0 bridgehead atoms. The molecule has 1 fully saturated rings. The molecular weight excluding hydrogens is 389 g/mol. The lowest BCUT2D eigenvalue weighted by atomic mass is 10.1. The minimum absolute atomic E-state index is 0.00948. The predicted molar refractivity (Wildman–Crippen MR) is 100 cm³/mol. The maximum atomic E-state index is 12.9. The van der Waals surface area contributed by atoms with E-state index in [1.54, 1.807) is 18.2 Å². The molecule has 1 saturated heterocycles. The number of halogens is 3. The number of rotatable bonds is 5. The van der Waals surface area contributed by atoms with Gasteiger partial charge in [0.25, 0.3) is 0 Å². The molecule has 154 valence electrons. The van der Waals surface area contributed by atoms with Crippen LogP contribution in [0.5, 0.6) is 11.5 Å². The number of ether oxygens (including phenoxy) is 2. The summed E-state index contributed by atoms with van der Waals surface area (Å²) in [6.07, 6.45) is -4.61. The Morgan fingerprint density at radius 3 is 2.55 bits per heavy atom. The van der Waals surface area contributed by atoms with E-state index in [0.29, 0.717) is 17.2 Å². The quantitative estimate of drug-likeness (QED) is 0.819. The zero-order chi connectivity index (χ0) is 21.2. The smallest absolute Gasteiger partial charge is 0.416 e. The molecule has 1 aliphatic rings. The van der Waals surface area contributed by atoms with E-state index in [4.69, 9.17) is 9.47 Å². The highest BCUT2D eigenvalue weighted by molar-refractivity contribution is 6.04. The molecule has 6 nitrogen and oxygen atoms in total. The fourth-order valence-corrected chi connectivity index (χ4v) is 3.12. The van der Waals surface area contributed by atoms with Crippen LogP contribution in [-0.4, -0.2) is 32.6 Å². The first-order valence-electron chi connectivity index (χ1n) is 8.73. The number of benzene rings is 2. The summed E-state index contributed by atoms with van der Waals surface area (Å²) in [5, 5.41) is 2.70. The zero-order valence-electron chi connectivity index (χ0n) is 15.7. The van der Waals surface area contributed by atoms with E-state index < -0.39 is 29.5 Å². The normalized spacial score (nSPS) is 16.7. The van der Waals surface area contributed by atoms with Crippen molar-refractivity contribution in [2.24, 2.45) is 5.92 Å². The third kappa shape index (κ3) is 4.44. The van der Waals surface area contributed by atoms with E-state index in [0.717, 1.165) is 12.1 Å². The third-order valence-corrected chi connectivity index (χ3v) is 4.65. The first-order chi connectivity index (χ1) is 13.7. The van der Waals surface area contributed by atoms with E-state index in [-0.39, 0.29) is 18.7 Å². The lowest BCUT2D eigenvalue weighted by Crippen LogP contribution is -2.28. The monoisotopic (exact) mass is 408 g/mol. The van der Waals surface area contributed by atoms with E-state index in [1.165, 1.54) is 31.3 Å². The highest BCUT2D eigenvalue weighted by atomic mass is 19.4. The number of hydrogen-bond acceptors (Lipinski definition) is 4. The topological polar surface area (TPSA) is 67.9 Å². The van der Waals surface area contributed by atoms with Crippen LogP contribution in [-0.2, 0) is 15.8 Å². The first-order valence-corrected chi connectivity index (χ1v) is 8.73. The second-order valence-electron chi connectivity index (χ2n) is 6.51. The number of methoxy groups -OCH3 is 2. The molecule has 1 N–H and O–H groups in total. The summed E-state index contributed by atoms with van der Waals surface area (Å²) in [6, 6.07) is 9.35. The fourth-order valence-electron chi connectivity index (χ4n) is 3.12. The molecule has 0 radical (unpaired) electrons. The Bertz CT molecular complexity index is 930. The van der Waals surface area contributed by atoms with Gasteiger partial charge in [-0.05, 0) is 30.3 Å². The number of amides is 2. The van der Waals surface area contributed by atoms with Crippen LogP contribution in [0.4, 0.5) is 24.5 Å². The summed E-state index contributed by atoms with van der Waals surface area (Å²) in [5.74, 6) is -0.602. The molecule has 9 heteroatoms. The van der Waals surface area contributed by atoms with Crippen LogP contribution in [0.1, 0.15) is 12.0 Å². The minimum Gasteiger partial charge on any atom is -0.497 e. The highest BCUT2D eigenvalue weighted by Gasteiger charge is 2.37. The maximum Gasteiger partial charge on any atom is 0.416 e. The van der Waals surface area contributed by atoms with Gasteiger partial charge in [-0.25, -0.2) is 0 Å². The van der Waals surface area contributed by atoms with Gasteiger partial charge < -0.3 is 19.7 Å². The van der Waals surface area contributed by atoms with Gasteiger partial charge >= 0.3 is 6.18 Å². The Morgan fingerprint density at radius 2 is 1.90 bits per heavy atom. The van der Waals surface area contributed by atoms with Gasteiger partial charge in [0, 0.05) is 24.7 Å². The summed E-state index contributed by atoms with van der Waals surface area (Å²) in [7, 11) is 2.94. The molecule has 1 heterocycles. The van der Waals surface area contributed by atoms with Crippen LogP contribution in [0.2, 0.25) is 0 Å². The average Bonchev–Trinajstić information content (AvgIpc) is 3.09. The van der Waals surface area contributed by atoms with Crippen molar-refractivity contribution >= 4 is 23.2 Å². The number of carbonyl (C=O) groups is 2. The van der Waals surface area contributed by atoms with Crippen molar-refractivity contribution in [3.63, 3.8) is 0 Å². The van der Waals surface area contributed by atoms with Crippen molar-refractivity contribution in [1.82, 2.24) is 0 Å². The number of nitrogens with zero attached hydrogens (tertiary/aromatic N) is 1. The highest BCUT2D eigenvalue weighted by Crippen LogP contribution is 2.34. The van der Waals surface area contributed by atoms with E-state index in [9.17, 15) is 22.8 Å². The number of anilines is 2. The average molecular weight is 408 g/mol. The van der Waals surface area contributed by atoms with E-state index >= 15 is 0 Å². The molecule has 1 atom stereocenters. The Morgan fingerprint density at radius 1 is 1.14 bits per heavy atom. The molecule has 2 amide bonds. The SMILES string of the molecule is COc1ccc(NC(=O)[C@@H]2CC(=O)N(c3cccc(C(F)(F)F)c3)C2)c(OC)c1. The molecule has 0 saturated carbocycles. The molecule has 1 aliphatic heterocycles. The van der Waals surface area contributed by atoms with Crippen molar-refractivity contribution in [3.05, 3.63) is 48.0 Å². The van der Waals surface area contributed by atoms with Gasteiger partial charge in [0.15, 0.2) is 0 Å². The van der Waals surface area contributed by atoms with Gasteiger partial charge in [-0.3, -0.25) is 9.59 Å². The number of alkyl halides is 3. The molecule has 29 heavy (non-hydrogen) atoms. The van der Waals surface area contributed by atoms with Crippen molar-refractivity contribution in [2.75, 3.05) is 31.0 Å².